The molecule has 32 heavy (non-hydrogen) atoms. The Balaban J connectivity index is 2.00. The highest BCUT2D eigenvalue weighted by Crippen LogP contribution is 2.29. The Morgan fingerprint density at radius 2 is 1.84 bits per heavy atom. The lowest BCUT2D eigenvalue weighted by molar-refractivity contribution is 0.0985. The second kappa shape index (κ2) is 10.2. The summed E-state index contributed by atoms with van der Waals surface area (Å²) in [6.45, 7) is 7.74. The number of sulfonamides is 1. The lowest BCUT2D eigenvalue weighted by Crippen LogP contribution is -2.33. The van der Waals surface area contributed by atoms with Crippen molar-refractivity contribution in [2.24, 2.45) is 0 Å². The van der Waals surface area contributed by atoms with E-state index in [0.717, 1.165) is 17.7 Å². The zero-order valence-corrected chi connectivity index (χ0v) is 19.5. The molecule has 0 saturated heterocycles. The molecule has 9 heteroatoms. The molecular weight excluding hydrogens is 449 g/mol. The van der Waals surface area contributed by atoms with Crippen molar-refractivity contribution < 1.29 is 17.6 Å². The van der Waals surface area contributed by atoms with Gasteiger partial charge in [-0.3, -0.25) is 9.69 Å². The monoisotopic (exact) mass is 473 g/mol. The molecule has 6 nitrogen and oxygen atoms in total. The molecule has 0 bridgehead atoms. The normalized spacial score (nSPS) is 11.5. The first-order chi connectivity index (χ1) is 15.3. The molecule has 1 heterocycles. The van der Waals surface area contributed by atoms with Crippen LogP contribution in [-0.4, -0.2) is 43.2 Å². The number of benzene rings is 2. The topological polar surface area (TPSA) is 70.6 Å². The van der Waals surface area contributed by atoms with E-state index in [1.54, 1.807) is 13.8 Å². The van der Waals surface area contributed by atoms with Crippen molar-refractivity contribution in [3.63, 3.8) is 0 Å². The van der Waals surface area contributed by atoms with Gasteiger partial charge in [-0.25, -0.2) is 17.8 Å². The number of anilines is 1. The van der Waals surface area contributed by atoms with Crippen LogP contribution >= 0.6 is 11.3 Å². The number of hydrogen-bond donors (Lipinski definition) is 0. The van der Waals surface area contributed by atoms with E-state index in [9.17, 15) is 17.6 Å². The van der Waals surface area contributed by atoms with Gasteiger partial charge < -0.3 is 0 Å². The van der Waals surface area contributed by atoms with E-state index >= 15 is 0 Å². The molecule has 0 atom stereocenters. The minimum atomic E-state index is -3.85. The summed E-state index contributed by atoms with van der Waals surface area (Å²) in [4.78, 5) is 19.0. The molecule has 0 unspecified atom stereocenters. The average molecular weight is 474 g/mol. The van der Waals surface area contributed by atoms with Crippen molar-refractivity contribution >= 4 is 32.4 Å². The second-order valence-electron chi connectivity index (χ2n) is 6.82. The minimum absolute atomic E-state index is 0.0903. The molecular formula is C23H24FN3O3S2. The predicted octanol–water partition coefficient (Wildman–Crippen LogP) is 4.81. The van der Waals surface area contributed by atoms with Gasteiger partial charge in [-0.2, -0.15) is 4.31 Å². The Morgan fingerprint density at radius 1 is 1.16 bits per heavy atom. The van der Waals surface area contributed by atoms with Crippen molar-refractivity contribution in [1.82, 2.24) is 9.29 Å². The first kappa shape index (κ1) is 23.8. The van der Waals surface area contributed by atoms with Gasteiger partial charge in [0.1, 0.15) is 5.82 Å². The van der Waals surface area contributed by atoms with Crippen LogP contribution < -0.4 is 4.90 Å². The van der Waals surface area contributed by atoms with E-state index in [2.05, 4.69) is 11.6 Å². The van der Waals surface area contributed by atoms with E-state index in [1.165, 1.54) is 32.7 Å². The minimum Gasteiger partial charge on any atom is -0.280 e. The first-order valence-corrected chi connectivity index (χ1v) is 12.4. The highest BCUT2D eigenvalue weighted by atomic mass is 32.2. The standard InChI is InChI=1S/C23H24FN3O3S2/c1-4-14-27(23-25-21(16-31-23)17-10-8-7-9-11-17)22(28)19-15-18(12-13-20(19)24)32(29,30)26(5-2)6-3/h4,7-13,15-16H,1,5-6,14H2,2-3H3. The van der Waals surface area contributed by atoms with Crippen LogP contribution in [0.1, 0.15) is 24.2 Å². The fourth-order valence-corrected chi connectivity index (χ4v) is 5.52. The maximum absolute atomic E-state index is 14.7. The number of halogens is 1. The molecule has 168 valence electrons. The number of thiazole rings is 1. The molecule has 1 aromatic heterocycles. The number of amides is 1. The van der Waals surface area contributed by atoms with Crippen molar-refractivity contribution in [3.8, 4) is 11.3 Å². The van der Waals surface area contributed by atoms with Gasteiger partial charge in [0.25, 0.3) is 5.91 Å². The quantitative estimate of drug-likeness (QED) is 0.418. The summed E-state index contributed by atoms with van der Waals surface area (Å²) < 4.78 is 41.6. The number of carbonyl (C=O) groups is 1. The Morgan fingerprint density at radius 3 is 2.47 bits per heavy atom. The van der Waals surface area contributed by atoms with Gasteiger partial charge >= 0.3 is 0 Å². The highest BCUT2D eigenvalue weighted by molar-refractivity contribution is 7.89. The van der Waals surface area contributed by atoms with Gasteiger partial charge in [-0.05, 0) is 18.2 Å². The predicted molar refractivity (Wildman–Crippen MR) is 126 cm³/mol. The third-order valence-corrected chi connectivity index (χ3v) is 7.77. The summed E-state index contributed by atoms with van der Waals surface area (Å²) in [5.74, 6) is -1.49. The summed E-state index contributed by atoms with van der Waals surface area (Å²) in [5.41, 5.74) is 1.24. The van der Waals surface area contributed by atoms with Crippen LogP contribution in [0.3, 0.4) is 0 Å². The van der Waals surface area contributed by atoms with Gasteiger partial charge in [0.2, 0.25) is 10.0 Å². The smallest absolute Gasteiger partial charge is 0.263 e. The SMILES string of the molecule is C=CCN(C(=O)c1cc(S(=O)(=O)N(CC)CC)ccc1F)c1nc(-c2ccccc2)cs1. The van der Waals surface area contributed by atoms with Crippen LogP contribution in [0.25, 0.3) is 11.3 Å². The van der Waals surface area contributed by atoms with Crippen molar-refractivity contribution in [2.75, 3.05) is 24.5 Å². The molecule has 3 aromatic rings. The summed E-state index contributed by atoms with van der Waals surface area (Å²) in [7, 11) is -3.85. The zero-order chi connectivity index (χ0) is 23.3. The number of nitrogens with zero attached hydrogens (tertiary/aromatic N) is 3. The van der Waals surface area contributed by atoms with E-state index in [-0.39, 0.29) is 30.1 Å². The van der Waals surface area contributed by atoms with E-state index in [1.807, 2.05) is 35.7 Å². The fraction of sp³-hybridized carbons (Fsp3) is 0.217. The lowest BCUT2D eigenvalue weighted by Gasteiger charge is -2.21. The summed E-state index contributed by atoms with van der Waals surface area (Å²) in [5, 5.41) is 2.18. The third kappa shape index (κ3) is 4.79. The summed E-state index contributed by atoms with van der Waals surface area (Å²) >= 11 is 1.24. The molecule has 1 amide bonds. The van der Waals surface area contributed by atoms with Crippen LogP contribution in [-0.2, 0) is 10.0 Å². The van der Waals surface area contributed by atoms with E-state index < -0.39 is 21.7 Å². The van der Waals surface area contributed by atoms with E-state index in [4.69, 9.17) is 0 Å². The summed E-state index contributed by atoms with van der Waals surface area (Å²) in [6, 6.07) is 12.7. The first-order valence-electron chi connectivity index (χ1n) is 10.1. The molecule has 0 spiro atoms. The molecule has 0 radical (unpaired) electrons. The number of carbonyl (C=O) groups excluding carboxylic acids is 1. The summed E-state index contributed by atoms with van der Waals surface area (Å²) in [6.07, 6.45) is 1.51. The van der Waals surface area contributed by atoms with Crippen LogP contribution in [0.2, 0.25) is 0 Å². The van der Waals surface area contributed by atoms with Crippen LogP contribution in [0.4, 0.5) is 9.52 Å². The molecule has 0 aliphatic heterocycles. The van der Waals surface area contributed by atoms with Crippen LogP contribution in [0.5, 0.6) is 0 Å². The highest BCUT2D eigenvalue weighted by Gasteiger charge is 2.27. The largest absolute Gasteiger partial charge is 0.280 e. The molecule has 0 aliphatic carbocycles. The molecule has 0 aliphatic rings. The molecule has 0 N–H and O–H groups in total. The van der Waals surface area contributed by atoms with Crippen molar-refractivity contribution in [3.05, 3.63) is 77.9 Å². The van der Waals surface area contributed by atoms with Gasteiger partial charge in [-0.1, -0.05) is 50.3 Å². The maximum atomic E-state index is 14.7. The Labute approximate surface area is 191 Å². The molecule has 0 fully saturated rings. The zero-order valence-electron chi connectivity index (χ0n) is 17.9. The van der Waals surface area contributed by atoms with E-state index in [0.29, 0.717) is 10.8 Å². The van der Waals surface area contributed by atoms with Crippen molar-refractivity contribution in [2.45, 2.75) is 18.7 Å². The molecule has 0 saturated carbocycles. The van der Waals surface area contributed by atoms with Gasteiger partial charge in [-0.15, -0.1) is 17.9 Å². The number of hydrogen-bond acceptors (Lipinski definition) is 5. The van der Waals surface area contributed by atoms with Crippen molar-refractivity contribution in [1.29, 1.82) is 0 Å². The second-order valence-corrected chi connectivity index (χ2v) is 9.59. The number of aromatic nitrogens is 1. The fourth-order valence-electron chi connectivity index (χ4n) is 3.19. The van der Waals surface area contributed by atoms with Crippen LogP contribution in [0.15, 0.2) is 71.5 Å². The maximum Gasteiger partial charge on any atom is 0.263 e. The third-order valence-electron chi connectivity index (χ3n) is 4.86. The Kier molecular flexibility index (Phi) is 7.55. The number of rotatable bonds is 9. The van der Waals surface area contributed by atoms with Gasteiger partial charge in [0.15, 0.2) is 5.13 Å². The Bertz CT molecular complexity index is 1210. The Hall–Kier alpha value is -2.88. The molecule has 2 aromatic carbocycles. The average Bonchev–Trinajstić information content (AvgIpc) is 3.28. The van der Waals surface area contributed by atoms with Crippen LogP contribution in [0, 0.1) is 5.82 Å². The van der Waals surface area contributed by atoms with Gasteiger partial charge in [0, 0.05) is 30.6 Å². The molecule has 3 rings (SSSR count). The lowest BCUT2D eigenvalue weighted by atomic mass is 10.2. The van der Waals surface area contributed by atoms with Gasteiger partial charge in [0.05, 0.1) is 16.2 Å².